The maximum atomic E-state index is 12.3. The van der Waals surface area contributed by atoms with Gasteiger partial charge < -0.3 is 5.11 Å². The molecule has 128 valence electrons. The molecule has 1 aliphatic heterocycles. The Morgan fingerprint density at radius 1 is 1.27 bits per heavy atom. The van der Waals surface area contributed by atoms with Crippen LogP contribution in [0.2, 0.25) is 0 Å². The number of benzene rings is 1. The molecule has 1 aromatic carbocycles. The lowest BCUT2D eigenvalue weighted by Gasteiger charge is -2.07. The van der Waals surface area contributed by atoms with Crippen molar-refractivity contribution in [1.29, 1.82) is 0 Å². The molecular formula is C18H12N4O2S2. The second kappa shape index (κ2) is 6.66. The number of hydrogen-bond donors (Lipinski definition) is 2. The zero-order valence-electron chi connectivity index (χ0n) is 13.3. The van der Waals surface area contributed by atoms with Crippen LogP contribution in [0, 0.1) is 3.95 Å². The quantitative estimate of drug-likeness (QED) is 0.673. The summed E-state index contributed by atoms with van der Waals surface area (Å²) >= 11 is 6.47. The maximum absolute atomic E-state index is 12.3. The number of aliphatic imine (C=N–C) groups is 1. The van der Waals surface area contributed by atoms with E-state index in [1.165, 1.54) is 22.2 Å². The van der Waals surface area contributed by atoms with Gasteiger partial charge in [-0.05, 0) is 36.5 Å². The largest absolute Gasteiger partial charge is 0.492 e. The summed E-state index contributed by atoms with van der Waals surface area (Å²) in [6.45, 7) is 0. The zero-order valence-corrected chi connectivity index (χ0v) is 14.9. The lowest BCUT2D eigenvalue weighted by Crippen LogP contribution is -2.22. The summed E-state index contributed by atoms with van der Waals surface area (Å²) in [4.78, 5) is 21.1. The number of aromatic hydroxyl groups is 1. The molecule has 26 heavy (non-hydrogen) atoms. The van der Waals surface area contributed by atoms with E-state index in [0.717, 1.165) is 16.8 Å². The van der Waals surface area contributed by atoms with Gasteiger partial charge in [0.1, 0.15) is 0 Å². The fourth-order valence-corrected chi connectivity index (χ4v) is 3.71. The number of pyridine rings is 1. The van der Waals surface area contributed by atoms with Gasteiger partial charge in [-0.2, -0.15) is 4.68 Å². The SMILES string of the molecule is O=C(Nn1c(O)c(/C=C2\C=Nc3ccccc32)sc1=S)c1cccnc1. The number of rotatable bonds is 3. The van der Waals surface area contributed by atoms with Gasteiger partial charge in [-0.15, -0.1) is 0 Å². The lowest BCUT2D eigenvalue weighted by molar-refractivity contribution is 0.100. The number of nitrogens with one attached hydrogen (secondary N) is 1. The van der Waals surface area contributed by atoms with E-state index in [1.807, 2.05) is 24.3 Å². The molecule has 8 heteroatoms. The predicted octanol–water partition coefficient (Wildman–Crippen LogP) is 4.02. The third-order valence-electron chi connectivity index (χ3n) is 3.79. The number of amides is 1. The summed E-state index contributed by atoms with van der Waals surface area (Å²) in [5.74, 6) is -0.531. The molecule has 0 aliphatic carbocycles. The number of aromatic nitrogens is 2. The first-order valence-electron chi connectivity index (χ1n) is 7.65. The molecule has 6 nitrogen and oxygen atoms in total. The van der Waals surface area contributed by atoms with Crippen LogP contribution in [0.15, 0.2) is 53.8 Å². The molecule has 2 N–H and O–H groups in total. The van der Waals surface area contributed by atoms with Gasteiger partial charge in [-0.25, -0.2) is 0 Å². The third kappa shape index (κ3) is 2.96. The van der Waals surface area contributed by atoms with Crippen LogP contribution < -0.4 is 5.43 Å². The van der Waals surface area contributed by atoms with Crippen LogP contribution in [-0.4, -0.2) is 26.9 Å². The topological polar surface area (TPSA) is 79.5 Å². The van der Waals surface area contributed by atoms with Gasteiger partial charge in [0, 0.05) is 29.7 Å². The van der Waals surface area contributed by atoms with Gasteiger partial charge >= 0.3 is 0 Å². The van der Waals surface area contributed by atoms with Gasteiger partial charge in [-0.1, -0.05) is 29.5 Å². The van der Waals surface area contributed by atoms with Gasteiger partial charge in [0.05, 0.1) is 16.1 Å². The van der Waals surface area contributed by atoms with E-state index in [-0.39, 0.29) is 5.88 Å². The standard InChI is InChI=1S/C18H12N4O2S2/c23-16(11-4-3-7-19-9-11)21-22-17(24)15(26-18(22)25)8-12-10-20-14-6-2-1-5-13(12)14/h1-10,24H,(H,21,23)/b12-8+. The number of thiazole rings is 1. The number of hydrogen-bond acceptors (Lipinski definition) is 6. The van der Waals surface area contributed by atoms with Crippen molar-refractivity contribution in [2.45, 2.75) is 0 Å². The van der Waals surface area contributed by atoms with Crippen LogP contribution in [0.3, 0.4) is 0 Å². The molecule has 4 rings (SSSR count). The molecule has 0 bridgehead atoms. The van der Waals surface area contributed by atoms with Crippen LogP contribution in [0.4, 0.5) is 5.69 Å². The van der Waals surface area contributed by atoms with Crippen LogP contribution in [0.5, 0.6) is 5.88 Å². The highest BCUT2D eigenvalue weighted by atomic mass is 32.1. The van der Waals surface area contributed by atoms with Crippen LogP contribution in [0.25, 0.3) is 11.6 Å². The summed E-state index contributed by atoms with van der Waals surface area (Å²) in [5, 5.41) is 10.5. The molecular weight excluding hydrogens is 368 g/mol. The van der Waals surface area contributed by atoms with Crippen molar-refractivity contribution in [2.75, 3.05) is 5.43 Å². The van der Waals surface area contributed by atoms with Crippen molar-refractivity contribution in [2.24, 2.45) is 4.99 Å². The molecule has 3 heterocycles. The molecule has 0 saturated carbocycles. The van der Waals surface area contributed by atoms with Gasteiger partial charge in [0.15, 0.2) is 3.95 Å². The van der Waals surface area contributed by atoms with Crippen molar-refractivity contribution in [3.05, 3.63) is 68.8 Å². The fraction of sp³-hybridized carbons (Fsp3) is 0. The van der Waals surface area contributed by atoms with E-state index in [4.69, 9.17) is 12.2 Å². The average Bonchev–Trinajstić information content (AvgIpc) is 3.19. The minimum absolute atomic E-state index is 0.123. The summed E-state index contributed by atoms with van der Waals surface area (Å²) in [6.07, 6.45) is 6.57. The molecule has 1 aliphatic rings. The molecule has 0 atom stereocenters. The highest BCUT2D eigenvalue weighted by molar-refractivity contribution is 7.73. The minimum atomic E-state index is -0.408. The van der Waals surface area contributed by atoms with E-state index in [1.54, 1.807) is 30.6 Å². The molecule has 0 unspecified atom stereocenters. The van der Waals surface area contributed by atoms with Crippen molar-refractivity contribution in [3.8, 4) is 5.88 Å². The summed E-state index contributed by atoms with van der Waals surface area (Å²) in [5.41, 5.74) is 5.70. The smallest absolute Gasteiger partial charge is 0.271 e. The summed E-state index contributed by atoms with van der Waals surface area (Å²) < 4.78 is 1.52. The van der Waals surface area contributed by atoms with E-state index >= 15 is 0 Å². The Bertz CT molecular complexity index is 1110. The second-order valence-corrected chi connectivity index (χ2v) is 7.12. The monoisotopic (exact) mass is 380 g/mol. The van der Waals surface area contributed by atoms with E-state index in [0.29, 0.717) is 14.4 Å². The Labute approximate surface area is 157 Å². The molecule has 3 aromatic rings. The van der Waals surface area contributed by atoms with E-state index in [2.05, 4.69) is 15.4 Å². The first-order chi connectivity index (χ1) is 12.6. The Kier molecular flexibility index (Phi) is 4.19. The highest BCUT2D eigenvalue weighted by Crippen LogP contribution is 2.35. The van der Waals surface area contributed by atoms with Crippen molar-refractivity contribution in [1.82, 2.24) is 9.66 Å². The van der Waals surface area contributed by atoms with Crippen molar-refractivity contribution in [3.63, 3.8) is 0 Å². The first-order valence-corrected chi connectivity index (χ1v) is 8.87. The van der Waals surface area contributed by atoms with Gasteiger partial charge in [0.25, 0.3) is 5.91 Å². The normalized spacial score (nSPS) is 13.8. The second-order valence-electron chi connectivity index (χ2n) is 5.45. The Balaban J connectivity index is 1.66. The summed E-state index contributed by atoms with van der Waals surface area (Å²) in [6, 6.07) is 11.0. The Morgan fingerprint density at radius 3 is 2.92 bits per heavy atom. The first kappa shape index (κ1) is 16.4. The van der Waals surface area contributed by atoms with Crippen molar-refractivity contribution >= 4 is 53.0 Å². The number of fused-ring (bicyclic) bond motifs is 1. The zero-order chi connectivity index (χ0) is 18.1. The average molecular weight is 380 g/mol. The number of carbonyl (C=O) groups is 1. The Morgan fingerprint density at radius 2 is 2.12 bits per heavy atom. The van der Waals surface area contributed by atoms with Crippen molar-refractivity contribution < 1.29 is 9.90 Å². The number of para-hydroxylation sites is 1. The van der Waals surface area contributed by atoms with Gasteiger partial charge in [0.2, 0.25) is 5.88 Å². The van der Waals surface area contributed by atoms with Crippen LogP contribution in [-0.2, 0) is 0 Å². The minimum Gasteiger partial charge on any atom is -0.492 e. The molecule has 0 spiro atoms. The number of allylic oxidation sites excluding steroid dienone is 1. The lowest BCUT2D eigenvalue weighted by atomic mass is 10.1. The molecule has 0 radical (unpaired) electrons. The van der Waals surface area contributed by atoms with Crippen LogP contribution in [0.1, 0.15) is 20.8 Å². The van der Waals surface area contributed by atoms with E-state index in [9.17, 15) is 9.90 Å². The number of nitrogens with zero attached hydrogens (tertiary/aromatic N) is 3. The number of carbonyl (C=O) groups excluding carboxylic acids is 1. The molecule has 0 fully saturated rings. The summed E-state index contributed by atoms with van der Waals surface area (Å²) in [7, 11) is 0. The maximum Gasteiger partial charge on any atom is 0.271 e. The van der Waals surface area contributed by atoms with Crippen LogP contribution >= 0.6 is 23.6 Å². The highest BCUT2D eigenvalue weighted by Gasteiger charge is 2.17. The Hall–Kier alpha value is -3.10. The predicted molar refractivity (Wildman–Crippen MR) is 105 cm³/mol. The van der Waals surface area contributed by atoms with Gasteiger partial charge in [-0.3, -0.25) is 20.2 Å². The molecule has 2 aromatic heterocycles. The fourth-order valence-electron chi connectivity index (χ4n) is 2.53. The van der Waals surface area contributed by atoms with E-state index < -0.39 is 5.91 Å². The molecule has 0 saturated heterocycles. The molecule has 1 amide bonds. The third-order valence-corrected chi connectivity index (χ3v) is 5.10.